The molecule has 1 amide bonds. The first-order valence-corrected chi connectivity index (χ1v) is 8.97. The monoisotopic (exact) mass is 366 g/mol. The highest BCUT2D eigenvalue weighted by atomic mass is 16.5. The molecule has 1 aliphatic carbocycles. The van der Waals surface area contributed by atoms with Gasteiger partial charge in [0, 0.05) is 29.1 Å². The summed E-state index contributed by atoms with van der Waals surface area (Å²) < 4.78 is 11.0. The number of ether oxygens (including phenoxy) is 2. The summed E-state index contributed by atoms with van der Waals surface area (Å²) in [6.07, 6.45) is 0.926. The van der Waals surface area contributed by atoms with E-state index in [-0.39, 0.29) is 17.7 Å². The fourth-order valence-electron chi connectivity index (χ4n) is 3.58. The first-order valence-electron chi connectivity index (χ1n) is 8.97. The lowest BCUT2D eigenvalue weighted by molar-refractivity contribution is -0.127. The van der Waals surface area contributed by atoms with Gasteiger partial charge in [-0.1, -0.05) is 0 Å². The molecular formula is C21H22N2O4. The van der Waals surface area contributed by atoms with Crippen molar-refractivity contribution in [2.45, 2.75) is 31.9 Å². The van der Waals surface area contributed by atoms with E-state index in [0.717, 1.165) is 35.2 Å². The van der Waals surface area contributed by atoms with Crippen LogP contribution in [-0.4, -0.2) is 35.3 Å². The number of H-pyrrole nitrogens is 1. The molecule has 3 N–H and O–H groups in total. The molecule has 0 radical (unpaired) electrons. The lowest BCUT2D eigenvalue weighted by atomic mass is 10.1. The number of aromatic hydroxyl groups is 1. The molecule has 27 heavy (non-hydrogen) atoms. The number of rotatable bonds is 5. The van der Waals surface area contributed by atoms with Gasteiger partial charge >= 0.3 is 0 Å². The molecule has 2 atom stereocenters. The first-order chi connectivity index (χ1) is 13.0. The van der Waals surface area contributed by atoms with E-state index in [9.17, 15) is 9.90 Å². The van der Waals surface area contributed by atoms with Crippen LogP contribution in [0.25, 0.3) is 10.9 Å². The van der Waals surface area contributed by atoms with Gasteiger partial charge in [0.2, 0.25) is 0 Å². The van der Waals surface area contributed by atoms with Gasteiger partial charge in [-0.05, 0) is 61.4 Å². The molecule has 6 heteroatoms. The number of carbonyl (C=O) groups excluding carboxylic acids is 1. The van der Waals surface area contributed by atoms with Crippen LogP contribution < -0.4 is 14.8 Å². The highest BCUT2D eigenvalue weighted by Crippen LogP contribution is 2.32. The van der Waals surface area contributed by atoms with E-state index in [1.165, 1.54) is 17.7 Å². The van der Waals surface area contributed by atoms with E-state index in [1.807, 2.05) is 18.2 Å². The van der Waals surface area contributed by atoms with Crippen LogP contribution in [0.3, 0.4) is 0 Å². The second kappa shape index (κ2) is 6.87. The van der Waals surface area contributed by atoms with Crippen LogP contribution in [0.4, 0.5) is 0 Å². The van der Waals surface area contributed by atoms with Gasteiger partial charge in [-0.15, -0.1) is 0 Å². The molecule has 6 nitrogen and oxygen atoms in total. The maximum atomic E-state index is 12.5. The minimum atomic E-state index is -0.620. The van der Waals surface area contributed by atoms with Gasteiger partial charge in [0.15, 0.2) is 6.10 Å². The number of aromatic amines is 1. The topological polar surface area (TPSA) is 83.6 Å². The van der Waals surface area contributed by atoms with Gasteiger partial charge in [0.05, 0.1) is 7.11 Å². The molecule has 2 aromatic carbocycles. The molecule has 140 valence electrons. The third-order valence-electron chi connectivity index (χ3n) is 4.97. The Morgan fingerprint density at radius 3 is 2.67 bits per heavy atom. The minimum absolute atomic E-state index is 0.0419. The molecule has 1 aromatic heterocycles. The van der Waals surface area contributed by atoms with Gasteiger partial charge in [0.1, 0.15) is 17.2 Å². The number of carbonyl (C=O) groups is 1. The standard InChI is InChI=1S/C21H22N2O4/c1-12(27-15-5-3-14(24)4-6-15)21(25)22-13-9-17-18-11-16(26-2)7-8-19(18)23-20(17)10-13/h3-8,11-13,23-24H,9-10H2,1-2H3,(H,22,25). The Morgan fingerprint density at radius 1 is 1.19 bits per heavy atom. The van der Waals surface area contributed by atoms with E-state index in [2.05, 4.69) is 10.3 Å². The Morgan fingerprint density at radius 2 is 1.93 bits per heavy atom. The summed E-state index contributed by atoms with van der Waals surface area (Å²) >= 11 is 0. The van der Waals surface area contributed by atoms with E-state index in [1.54, 1.807) is 26.2 Å². The molecule has 0 aliphatic heterocycles. The van der Waals surface area contributed by atoms with Gasteiger partial charge < -0.3 is 24.9 Å². The zero-order valence-electron chi connectivity index (χ0n) is 15.3. The van der Waals surface area contributed by atoms with Crippen LogP contribution in [0, 0.1) is 0 Å². The van der Waals surface area contributed by atoms with Crippen LogP contribution in [-0.2, 0) is 17.6 Å². The van der Waals surface area contributed by atoms with Crippen molar-refractivity contribution >= 4 is 16.8 Å². The molecule has 1 aliphatic rings. The maximum absolute atomic E-state index is 12.5. The second-order valence-electron chi connectivity index (χ2n) is 6.86. The number of methoxy groups -OCH3 is 1. The first kappa shape index (κ1) is 17.3. The smallest absolute Gasteiger partial charge is 0.261 e. The van der Waals surface area contributed by atoms with E-state index in [0.29, 0.717) is 5.75 Å². The Hall–Kier alpha value is -3.15. The number of hydrogen-bond acceptors (Lipinski definition) is 4. The number of fused-ring (bicyclic) bond motifs is 3. The predicted octanol–water partition coefficient (Wildman–Crippen LogP) is 2.93. The Kier molecular flexibility index (Phi) is 4.39. The summed E-state index contributed by atoms with van der Waals surface area (Å²) in [5, 5.41) is 13.5. The summed E-state index contributed by atoms with van der Waals surface area (Å²) in [6, 6.07) is 12.4. The molecule has 0 spiro atoms. The van der Waals surface area contributed by atoms with Crippen molar-refractivity contribution < 1.29 is 19.4 Å². The van der Waals surface area contributed by atoms with Gasteiger partial charge in [-0.2, -0.15) is 0 Å². The Bertz CT molecular complexity index is 978. The molecule has 0 saturated carbocycles. The molecule has 0 saturated heterocycles. The highest BCUT2D eigenvalue weighted by molar-refractivity contribution is 5.87. The van der Waals surface area contributed by atoms with Crippen LogP contribution >= 0.6 is 0 Å². The largest absolute Gasteiger partial charge is 0.508 e. The van der Waals surface area contributed by atoms with E-state index < -0.39 is 6.10 Å². The Balaban J connectivity index is 1.41. The average Bonchev–Trinajstić information content (AvgIpc) is 3.20. The lowest BCUT2D eigenvalue weighted by Gasteiger charge is -2.18. The highest BCUT2D eigenvalue weighted by Gasteiger charge is 2.28. The van der Waals surface area contributed by atoms with Crippen LogP contribution in [0.5, 0.6) is 17.2 Å². The van der Waals surface area contributed by atoms with Gasteiger partial charge in [0.25, 0.3) is 5.91 Å². The van der Waals surface area contributed by atoms with Gasteiger partial charge in [-0.3, -0.25) is 4.79 Å². The summed E-state index contributed by atoms with van der Waals surface area (Å²) in [5.41, 5.74) is 3.49. The van der Waals surface area contributed by atoms with Crippen LogP contribution in [0.2, 0.25) is 0 Å². The number of benzene rings is 2. The number of nitrogens with one attached hydrogen (secondary N) is 2. The normalized spacial score (nSPS) is 16.7. The van der Waals surface area contributed by atoms with Gasteiger partial charge in [-0.25, -0.2) is 0 Å². The molecule has 0 fully saturated rings. The third kappa shape index (κ3) is 3.43. The number of amides is 1. The van der Waals surface area contributed by atoms with E-state index in [4.69, 9.17) is 9.47 Å². The van der Waals surface area contributed by atoms with E-state index >= 15 is 0 Å². The van der Waals surface area contributed by atoms with Crippen LogP contribution in [0.15, 0.2) is 42.5 Å². The average molecular weight is 366 g/mol. The summed E-state index contributed by atoms with van der Waals surface area (Å²) in [4.78, 5) is 15.9. The SMILES string of the molecule is COc1ccc2[nH]c3c(c2c1)CC(NC(=O)C(C)Oc1ccc(O)cc1)C3. The minimum Gasteiger partial charge on any atom is -0.508 e. The molecule has 4 rings (SSSR count). The van der Waals surface area contributed by atoms with Crippen molar-refractivity contribution in [1.29, 1.82) is 0 Å². The van der Waals surface area contributed by atoms with Crippen molar-refractivity contribution in [2.75, 3.05) is 7.11 Å². The molecule has 0 bridgehead atoms. The molecule has 1 heterocycles. The van der Waals surface area contributed by atoms with Crippen molar-refractivity contribution in [2.24, 2.45) is 0 Å². The van der Waals surface area contributed by atoms with Crippen LogP contribution in [0.1, 0.15) is 18.2 Å². The lowest BCUT2D eigenvalue weighted by Crippen LogP contribution is -2.43. The third-order valence-corrected chi connectivity index (χ3v) is 4.97. The van der Waals surface area contributed by atoms with Crippen molar-refractivity contribution in [3.63, 3.8) is 0 Å². The molecule has 3 aromatic rings. The fourth-order valence-corrected chi connectivity index (χ4v) is 3.58. The number of hydrogen-bond donors (Lipinski definition) is 3. The van der Waals surface area contributed by atoms with Crippen molar-refractivity contribution in [3.8, 4) is 17.2 Å². The fraction of sp³-hybridized carbons (Fsp3) is 0.286. The number of phenolic OH excluding ortho intramolecular Hbond substituents is 1. The Labute approximate surface area is 157 Å². The predicted molar refractivity (Wildman–Crippen MR) is 102 cm³/mol. The second-order valence-corrected chi connectivity index (χ2v) is 6.86. The zero-order chi connectivity index (χ0) is 19.0. The molecular weight excluding hydrogens is 344 g/mol. The summed E-state index contributed by atoms with van der Waals surface area (Å²) in [7, 11) is 1.66. The number of aromatic nitrogens is 1. The van der Waals surface area contributed by atoms with Crippen molar-refractivity contribution in [1.82, 2.24) is 10.3 Å². The zero-order valence-corrected chi connectivity index (χ0v) is 15.3. The van der Waals surface area contributed by atoms with Crippen molar-refractivity contribution in [3.05, 3.63) is 53.7 Å². The molecule has 2 unspecified atom stereocenters. The summed E-state index contributed by atoms with van der Waals surface area (Å²) in [6.45, 7) is 1.72. The summed E-state index contributed by atoms with van der Waals surface area (Å²) in [5.74, 6) is 1.38. The number of phenols is 1. The quantitative estimate of drug-likeness (QED) is 0.648. The maximum Gasteiger partial charge on any atom is 0.261 e.